The Hall–Kier alpha value is -3.15. The molecule has 0 atom stereocenters. The van der Waals surface area contributed by atoms with Gasteiger partial charge in [-0.15, -0.1) is 0 Å². The fraction of sp³-hybridized carbons (Fsp3) is 0.348. The van der Waals surface area contributed by atoms with Crippen LogP contribution in [0.2, 0.25) is 0 Å². The fourth-order valence-corrected chi connectivity index (χ4v) is 4.31. The monoisotopic (exact) mass is 386 g/mol. The van der Waals surface area contributed by atoms with E-state index in [1.165, 1.54) is 53.4 Å². The van der Waals surface area contributed by atoms with E-state index in [0.29, 0.717) is 11.5 Å². The van der Waals surface area contributed by atoms with Crippen molar-refractivity contribution < 1.29 is 4.52 Å². The van der Waals surface area contributed by atoms with E-state index < -0.39 is 5.76 Å². The van der Waals surface area contributed by atoms with Crippen LogP contribution in [0.25, 0.3) is 22.4 Å². The third-order valence-corrected chi connectivity index (χ3v) is 6.43. The Labute approximate surface area is 167 Å². The smallest absolute Gasteiger partial charge is 0.358 e. The van der Waals surface area contributed by atoms with E-state index >= 15 is 0 Å². The van der Waals surface area contributed by atoms with Crippen molar-refractivity contribution in [3.8, 4) is 11.5 Å². The number of rotatable bonds is 5. The van der Waals surface area contributed by atoms with Crippen molar-refractivity contribution in [1.82, 2.24) is 20.1 Å². The van der Waals surface area contributed by atoms with Crippen LogP contribution in [-0.4, -0.2) is 20.1 Å². The molecule has 2 aliphatic rings. The minimum atomic E-state index is -0.570. The predicted octanol–water partition coefficient (Wildman–Crippen LogP) is 4.43. The summed E-state index contributed by atoms with van der Waals surface area (Å²) in [6.45, 7) is 2.34. The van der Waals surface area contributed by atoms with Crippen LogP contribution >= 0.6 is 0 Å². The van der Waals surface area contributed by atoms with Gasteiger partial charge in [-0.3, -0.25) is 9.51 Å². The van der Waals surface area contributed by atoms with Crippen molar-refractivity contribution in [2.45, 2.75) is 50.4 Å². The van der Waals surface area contributed by atoms with Crippen molar-refractivity contribution >= 4 is 10.9 Å². The number of hydrogen-bond acceptors (Lipinski definition) is 4. The summed E-state index contributed by atoms with van der Waals surface area (Å²) in [7, 11) is 0. The molecule has 6 rings (SSSR count). The van der Waals surface area contributed by atoms with Crippen LogP contribution in [0.5, 0.6) is 0 Å². The number of pyridine rings is 1. The minimum absolute atomic E-state index is 0.239. The molecule has 4 aromatic rings. The first-order valence-electron chi connectivity index (χ1n) is 10.3. The lowest BCUT2D eigenvalue weighted by molar-refractivity contribution is 0.387. The van der Waals surface area contributed by atoms with Crippen molar-refractivity contribution in [3.63, 3.8) is 0 Å². The lowest BCUT2D eigenvalue weighted by Crippen LogP contribution is -2.05. The summed E-state index contributed by atoms with van der Waals surface area (Å²) in [5.41, 5.74) is 7.18. The van der Waals surface area contributed by atoms with Gasteiger partial charge in [-0.25, -0.2) is 9.78 Å². The number of aromatic nitrogens is 4. The summed E-state index contributed by atoms with van der Waals surface area (Å²) in [6, 6.07) is 12.7. The van der Waals surface area contributed by atoms with Crippen molar-refractivity contribution in [2.24, 2.45) is 0 Å². The average molecular weight is 386 g/mol. The van der Waals surface area contributed by atoms with Gasteiger partial charge in [-0.1, -0.05) is 30.3 Å². The van der Waals surface area contributed by atoms with Crippen LogP contribution in [0.1, 0.15) is 61.0 Å². The van der Waals surface area contributed by atoms with Gasteiger partial charge in [0.1, 0.15) is 5.69 Å². The van der Waals surface area contributed by atoms with Crippen LogP contribution in [0.15, 0.2) is 45.7 Å². The van der Waals surface area contributed by atoms with E-state index in [4.69, 9.17) is 4.98 Å². The first-order chi connectivity index (χ1) is 14.1. The number of H-pyrrole nitrogens is 2. The Kier molecular flexibility index (Phi) is 3.43. The predicted molar refractivity (Wildman–Crippen MR) is 110 cm³/mol. The highest BCUT2D eigenvalue weighted by molar-refractivity contribution is 5.86. The second-order valence-electron chi connectivity index (χ2n) is 8.75. The molecule has 146 valence electrons. The van der Waals surface area contributed by atoms with Gasteiger partial charge in [0, 0.05) is 34.1 Å². The van der Waals surface area contributed by atoms with Gasteiger partial charge < -0.3 is 4.98 Å². The van der Waals surface area contributed by atoms with Gasteiger partial charge in [0.25, 0.3) is 0 Å². The molecule has 0 aliphatic heterocycles. The third-order valence-electron chi connectivity index (χ3n) is 6.43. The first kappa shape index (κ1) is 16.8. The summed E-state index contributed by atoms with van der Waals surface area (Å²) in [5, 5.41) is 5.05. The van der Waals surface area contributed by atoms with E-state index in [9.17, 15) is 4.79 Å². The van der Waals surface area contributed by atoms with Crippen LogP contribution < -0.4 is 5.76 Å². The van der Waals surface area contributed by atoms with Crippen LogP contribution in [-0.2, 0) is 11.8 Å². The SMILES string of the molecule is CC1(c2[nH]c3cc(C4CC4)ccc3c2Cc2cccc(-c3noc(=O)[nH]3)n2)CC1. The molecule has 0 unspecified atom stereocenters. The summed E-state index contributed by atoms with van der Waals surface area (Å²) < 4.78 is 4.62. The first-order valence-corrected chi connectivity index (χ1v) is 10.3. The van der Waals surface area contributed by atoms with E-state index in [1.54, 1.807) is 0 Å². The standard InChI is InChI=1S/C23H22N4O2/c1-23(9-10-23)20-17(16-8-7-14(13-5-6-13)11-19(16)25-20)12-15-3-2-4-18(24-15)21-26-22(28)29-27-21/h2-4,7-8,11,13,25H,5-6,9-10,12H2,1H3,(H,26,27,28). The van der Waals surface area contributed by atoms with Crippen LogP contribution in [0, 0.1) is 0 Å². The Morgan fingerprint density at radius 3 is 2.76 bits per heavy atom. The van der Waals surface area contributed by atoms with Gasteiger partial charge in [0.15, 0.2) is 0 Å². The highest BCUT2D eigenvalue weighted by atomic mass is 16.5. The zero-order chi connectivity index (χ0) is 19.6. The number of benzene rings is 1. The molecule has 1 aromatic carbocycles. The number of nitrogens with zero attached hydrogens (tertiary/aromatic N) is 2. The Morgan fingerprint density at radius 1 is 1.17 bits per heavy atom. The van der Waals surface area contributed by atoms with Gasteiger partial charge in [-0.05, 0) is 60.9 Å². The highest BCUT2D eigenvalue weighted by Gasteiger charge is 2.42. The molecule has 6 heteroatoms. The number of nitrogens with one attached hydrogen (secondary N) is 2. The normalized spacial score (nSPS) is 17.7. The summed E-state index contributed by atoms with van der Waals surface area (Å²) in [6.07, 6.45) is 5.80. The molecule has 0 spiro atoms. The lowest BCUT2D eigenvalue weighted by Gasteiger charge is -2.11. The molecule has 2 N–H and O–H groups in total. The van der Waals surface area contributed by atoms with Crippen LogP contribution in [0.3, 0.4) is 0 Å². The molecule has 29 heavy (non-hydrogen) atoms. The second-order valence-corrected chi connectivity index (χ2v) is 8.75. The lowest BCUT2D eigenvalue weighted by atomic mass is 9.95. The molecular formula is C23H22N4O2. The topological polar surface area (TPSA) is 87.6 Å². The summed E-state index contributed by atoms with van der Waals surface area (Å²) >= 11 is 0. The van der Waals surface area contributed by atoms with E-state index in [0.717, 1.165) is 18.0 Å². The molecule has 3 heterocycles. The van der Waals surface area contributed by atoms with Crippen molar-refractivity contribution in [1.29, 1.82) is 0 Å². The summed E-state index contributed by atoms with van der Waals surface area (Å²) in [4.78, 5) is 22.3. The van der Waals surface area contributed by atoms with Gasteiger partial charge in [0.05, 0.1) is 0 Å². The highest BCUT2D eigenvalue weighted by Crippen LogP contribution is 2.50. The van der Waals surface area contributed by atoms with Crippen LogP contribution in [0.4, 0.5) is 0 Å². The van der Waals surface area contributed by atoms with Crippen molar-refractivity contribution in [2.75, 3.05) is 0 Å². The maximum absolute atomic E-state index is 11.3. The largest absolute Gasteiger partial charge is 0.439 e. The van der Waals surface area contributed by atoms with E-state index in [1.807, 2.05) is 18.2 Å². The van der Waals surface area contributed by atoms with Gasteiger partial charge >= 0.3 is 5.76 Å². The fourth-order valence-electron chi connectivity index (χ4n) is 4.31. The molecule has 2 aliphatic carbocycles. The Bertz CT molecular complexity index is 1290. The molecule has 2 saturated carbocycles. The van der Waals surface area contributed by atoms with E-state index in [2.05, 4.69) is 44.8 Å². The Morgan fingerprint density at radius 2 is 2.03 bits per heavy atom. The minimum Gasteiger partial charge on any atom is -0.358 e. The third kappa shape index (κ3) is 2.90. The molecule has 3 aromatic heterocycles. The molecule has 6 nitrogen and oxygen atoms in total. The van der Waals surface area contributed by atoms with Crippen molar-refractivity contribution in [3.05, 3.63) is 69.5 Å². The molecular weight excluding hydrogens is 364 g/mol. The summed E-state index contributed by atoms with van der Waals surface area (Å²) in [5.74, 6) is 0.535. The maximum Gasteiger partial charge on any atom is 0.439 e. The quantitative estimate of drug-likeness (QED) is 0.531. The molecule has 0 radical (unpaired) electrons. The number of fused-ring (bicyclic) bond motifs is 1. The zero-order valence-electron chi connectivity index (χ0n) is 16.3. The molecule has 0 amide bonds. The molecule has 2 fully saturated rings. The molecule has 0 saturated heterocycles. The average Bonchev–Trinajstić information content (AvgIpc) is 3.63. The number of aromatic amines is 2. The van der Waals surface area contributed by atoms with Gasteiger partial charge in [0.2, 0.25) is 5.82 Å². The van der Waals surface area contributed by atoms with Gasteiger partial charge in [-0.2, -0.15) is 0 Å². The second kappa shape index (κ2) is 5.92. The van der Waals surface area contributed by atoms with E-state index in [-0.39, 0.29) is 5.41 Å². The maximum atomic E-state index is 11.3. The Balaban J connectivity index is 1.43. The number of hydrogen-bond donors (Lipinski definition) is 2. The molecule has 0 bridgehead atoms. The zero-order valence-corrected chi connectivity index (χ0v) is 16.3.